The molecule has 33 heavy (non-hydrogen) atoms. The van der Waals surface area contributed by atoms with E-state index in [0.29, 0.717) is 35.8 Å². The molecule has 1 aromatic heterocycles. The highest BCUT2D eigenvalue weighted by molar-refractivity contribution is 5.92. The molecule has 0 radical (unpaired) electrons. The third kappa shape index (κ3) is 4.50. The van der Waals surface area contributed by atoms with E-state index < -0.39 is 5.97 Å². The van der Waals surface area contributed by atoms with Gasteiger partial charge in [0, 0.05) is 6.54 Å². The molecule has 8 heteroatoms. The van der Waals surface area contributed by atoms with Crippen LogP contribution in [0.25, 0.3) is 0 Å². The van der Waals surface area contributed by atoms with Gasteiger partial charge in [-0.05, 0) is 66.1 Å². The third-order valence-electron chi connectivity index (χ3n) is 5.68. The van der Waals surface area contributed by atoms with Crippen molar-refractivity contribution in [1.82, 2.24) is 4.90 Å². The van der Waals surface area contributed by atoms with Gasteiger partial charge in [-0.2, -0.15) is 0 Å². The lowest BCUT2D eigenvalue weighted by atomic mass is 9.92. The summed E-state index contributed by atoms with van der Waals surface area (Å²) in [7, 11) is 4.51. The molecule has 0 saturated carbocycles. The second kappa shape index (κ2) is 9.68. The van der Waals surface area contributed by atoms with Crippen molar-refractivity contribution in [2.45, 2.75) is 12.5 Å². The molecule has 0 N–H and O–H groups in total. The Labute approximate surface area is 191 Å². The zero-order valence-corrected chi connectivity index (χ0v) is 18.7. The van der Waals surface area contributed by atoms with E-state index >= 15 is 0 Å². The van der Waals surface area contributed by atoms with Crippen LogP contribution in [0.2, 0.25) is 0 Å². The van der Waals surface area contributed by atoms with Crippen LogP contribution >= 0.6 is 0 Å². The quantitative estimate of drug-likeness (QED) is 0.504. The highest BCUT2D eigenvalue weighted by atomic mass is 16.5. The van der Waals surface area contributed by atoms with E-state index in [2.05, 4.69) is 0 Å². The molecule has 1 amide bonds. The molecule has 0 aliphatic carbocycles. The normalized spacial score (nSPS) is 14.9. The van der Waals surface area contributed by atoms with E-state index in [4.69, 9.17) is 23.4 Å². The molecule has 0 bridgehead atoms. The Hall–Kier alpha value is -3.94. The maximum atomic E-state index is 13.2. The predicted octanol–water partition coefficient (Wildman–Crippen LogP) is 3.90. The number of carbonyl (C=O) groups excluding carboxylic acids is 2. The number of rotatable bonds is 7. The van der Waals surface area contributed by atoms with Crippen molar-refractivity contribution in [2.75, 3.05) is 34.5 Å². The maximum absolute atomic E-state index is 13.2. The molecule has 0 spiro atoms. The monoisotopic (exact) mass is 451 g/mol. The first-order chi connectivity index (χ1) is 16.0. The number of methoxy groups -OCH3 is 3. The number of fused-ring (bicyclic) bond motifs is 1. The Morgan fingerprint density at radius 1 is 1.03 bits per heavy atom. The summed E-state index contributed by atoms with van der Waals surface area (Å²) < 4.78 is 27.1. The Bertz CT molecular complexity index is 1120. The average molecular weight is 451 g/mol. The summed E-state index contributed by atoms with van der Waals surface area (Å²) in [6.45, 7) is 0.698. The van der Waals surface area contributed by atoms with Crippen LogP contribution < -0.4 is 14.2 Å². The fourth-order valence-corrected chi connectivity index (χ4v) is 3.97. The molecule has 0 saturated heterocycles. The number of esters is 1. The lowest BCUT2D eigenvalue weighted by Gasteiger charge is -2.37. The zero-order chi connectivity index (χ0) is 23.4. The lowest BCUT2D eigenvalue weighted by Crippen LogP contribution is -2.42. The van der Waals surface area contributed by atoms with Crippen molar-refractivity contribution in [1.29, 1.82) is 0 Å². The number of carbonyl (C=O) groups is 2. The molecule has 1 aliphatic heterocycles. The summed E-state index contributed by atoms with van der Waals surface area (Å²) in [5.74, 6) is 1.43. The minimum absolute atomic E-state index is 0.201. The first-order valence-corrected chi connectivity index (χ1v) is 10.5. The summed E-state index contributed by atoms with van der Waals surface area (Å²) in [4.78, 5) is 26.6. The van der Waals surface area contributed by atoms with Crippen molar-refractivity contribution < 1.29 is 33.0 Å². The maximum Gasteiger partial charge on any atom is 0.337 e. The van der Waals surface area contributed by atoms with Crippen LogP contribution in [0.5, 0.6) is 17.2 Å². The van der Waals surface area contributed by atoms with E-state index in [1.165, 1.54) is 13.4 Å². The van der Waals surface area contributed by atoms with Crippen LogP contribution in [0.15, 0.2) is 59.2 Å². The third-order valence-corrected chi connectivity index (χ3v) is 5.68. The van der Waals surface area contributed by atoms with Crippen molar-refractivity contribution in [2.24, 2.45) is 0 Å². The molecule has 8 nitrogen and oxygen atoms in total. The van der Waals surface area contributed by atoms with Crippen molar-refractivity contribution in [3.05, 3.63) is 77.2 Å². The van der Waals surface area contributed by atoms with Crippen molar-refractivity contribution in [3.8, 4) is 17.2 Å². The van der Waals surface area contributed by atoms with Gasteiger partial charge in [-0.25, -0.2) is 4.79 Å². The molecular formula is C25H25NO7. The van der Waals surface area contributed by atoms with Gasteiger partial charge in [0.2, 0.25) is 0 Å². The van der Waals surface area contributed by atoms with Gasteiger partial charge in [0.05, 0.1) is 39.2 Å². The standard InChI is InChI=1S/C25H25NO7/c1-29-22-13-17-10-11-26(24(27)21-5-4-12-32-21)20(19(17)14-23(22)30-2)15-33-18-8-6-16(7-9-18)25(28)31-3/h4-9,12-14,20H,10-11,15H2,1-3H3/t20-/m1/s1. The zero-order valence-electron chi connectivity index (χ0n) is 18.7. The Morgan fingerprint density at radius 2 is 1.76 bits per heavy atom. The number of amides is 1. The van der Waals surface area contributed by atoms with E-state index in [1.54, 1.807) is 55.5 Å². The number of hydrogen-bond acceptors (Lipinski definition) is 7. The molecule has 1 aliphatic rings. The molecule has 4 rings (SSSR count). The number of ether oxygens (including phenoxy) is 4. The number of furan rings is 1. The van der Waals surface area contributed by atoms with Gasteiger partial charge in [0.15, 0.2) is 17.3 Å². The lowest BCUT2D eigenvalue weighted by molar-refractivity contribution is 0.0555. The highest BCUT2D eigenvalue weighted by Crippen LogP contribution is 2.39. The van der Waals surface area contributed by atoms with E-state index in [1.807, 2.05) is 12.1 Å². The summed E-state index contributed by atoms with van der Waals surface area (Å²) in [5.41, 5.74) is 2.41. The number of benzene rings is 2. The predicted molar refractivity (Wildman–Crippen MR) is 119 cm³/mol. The van der Waals surface area contributed by atoms with E-state index in [9.17, 15) is 9.59 Å². The Morgan fingerprint density at radius 3 is 2.39 bits per heavy atom. The fraction of sp³-hybridized carbons (Fsp3) is 0.280. The van der Waals surface area contributed by atoms with Crippen LogP contribution in [0, 0.1) is 0 Å². The smallest absolute Gasteiger partial charge is 0.337 e. The first-order valence-electron chi connectivity index (χ1n) is 10.5. The van der Waals surface area contributed by atoms with Crippen molar-refractivity contribution in [3.63, 3.8) is 0 Å². The molecule has 3 aromatic rings. The number of nitrogens with zero attached hydrogens (tertiary/aromatic N) is 1. The van der Waals surface area contributed by atoms with Gasteiger partial charge >= 0.3 is 5.97 Å². The Balaban J connectivity index is 1.64. The SMILES string of the molecule is COC(=O)c1ccc(OC[C@@H]2c3cc(OC)c(OC)cc3CCN2C(=O)c2ccco2)cc1. The molecule has 172 valence electrons. The molecule has 1 atom stereocenters. The van der Waals surface area contributed by atoms with Gasteiger partial charge in [-0.3, -0.25) is 4.79 Å². The second-order valence-corrected chi connectivity index (χ2v) is 7.47. The van der Waals surface area contributed by atoms with Gasteiger partial charge in [0.25, 0.3) is 5.91 Å². The summed E-state index contributed by atoms with van der Waals surface area (Å²) in [5, 5.41) is 0. The topological polar surface area (TPSA) is 87.4 Å². The fourth-order valence-electron chi connectivity index (χ4n) is 3.97. The molecule has 2 heterocycles. The minimum Gasteiger partial charge on any atom is -0.493 e. The van der Waals surface area contributed by atoms with Gasteiger partial charge < -0.3 is 28.3 Å². The molecule has 0 unspecified atom stereocenters. The molecule has 0 fully saturated rings. The van der Waals surface area contributed by atoms with Crippen LogP contribution in [0.4, 0.5) is 0 Å². The van der Waals surface area contributed by atoms with Gasteiger partial charge in [0.1, 0.15) is 12.4 Å². The van der Waals surface area contributed by atoms with Crippen LogP contribution in [-0.4, -0.2) is 51.3 Å². The summed E-state index contributed by atoms with van der Waals surface area (Å²) >= 11 is 0. The molecular weight excluding hydrogens is 426 g/mol. The number of hydrogen-bond donors (Lipinski definition) is 0. The van der Waals surface area contributed by atoms with E-state index in [-0.39, 0.29) is 24.3 Å². The van der Waals surface area contributed by atoms with E-state index in [0.717, 1.165) is 11.1 Å². The first kappa shape index (κ1) is 22.3. The van der Waals surface area contributed by atoms with Crippen LogP contribution in [0.1, 0.15) is 38.1 Å². The largest absolute Gasteiger partial charge is 0.493 e. The van der Waals surface area contributed by atoms with Gasteiger partial charge in [-0.1, -0.05) is 0 Å². The average Bonchev–Trinajstić information content (AvgIpc) is 3.40. The Kier molecular flexibility index (Phi) is 6.53. The van der Waals surface area contributed by atoms with Crippen LogP contribution in [-0.2, 0) is 11.2 Å². The minimum atomic E-state index is -0.418. The summed E-state index contributed by atoms with van der Waals surface area (Å²) in [6, 6.07) is 13.5. The van der Waals surface area contributed by atoms with Gasteiger partial charge in [-0.15, -0.1) is 0 Å². The molecule has 2 aromatic carbocycles. The highest BCUT2D eigenvalue weighted by Gasteiger charge is 2.34. The van der Waals surface area contributed by atoms with Crippen molar-refractivity contribution >= 4 is 11.9 Å². The summed E-state index contributed by atoms with van der Waals surface area (Å²) in [6.07, 6.45) is 2.14. The second-order valence-electron chi connectivity index (χ2n) is 7.47. The van der Waals surface area contributed by atoms with Crippen LogP contribution in [0.3, 0.4) is 0 Å².